The minimum absolute atomic E-state index is 0.0981. The molecule has 1 aliphatic heterocycles. The smallest absolute Gasteiger partial charge is 0.310 e. The van der Waals surface area contributed by atoms with Crippen molar-refractivity contribution in [1.82, 2.24) is 4.90 Å². The van der Waals surface area contributed by atoms with E-state index < -0.39 is 5.41 Å². The Bertz CT molecular complexity index is 396. The highest BCUT2D eigenvalue weighted by molar-refractivity contribution is 5.88. The van der Waals surface area contributed by atoms with Gasteiger partial charge in [-0.2, -0.15) is 5.26 Å². The highest BCUT2D eigenvalue weighted by Gasteiger charge is 2.53. The molecule has 0 N–H and O–H groups in total. The Morgan fingerprint density at radius 1 is 1.50 bits per heavy atom. The Labute approximate surface area is 107 Å². The van der Waals surface area contributed by atoms with Crippen LogP contribution in [0.25, 0.3) is 0 Å². The average molecular weight is 250 g/mol. The molecule has 5 nitrogen and oxygen atoms in total. The second-order valence-corrected chi connectivity index (χ2v) is 5.04. The number of esters is 1. The van der Waals surface area contributed by atoms with Gasteiger partial charge in [-0.1, -0.05) is 0 Å². The normalized spacial score (nSPS) is 25.1. The summed E-state index contributed by atoms with van der Waals surface area (Å²) < 4.78 is 5.00. The molecule has 0 aromatic rings. The first-order chi connectivity index (χ1) is 8.63. The molecule has 2 rings (SSSR count). The van der Waals surface area contributed by atoms with E-state index in [1.807, 2.05) is 0 Å². The molecule has 0 spiro atoms. The summed E-state index contributed by atoms with van der Waals surface area (Å²) in [7, 11) is 0. The van der Waals surface area contributed by atoms with Crippen LogP contribution in [0.2, 0.25) is 0 Å². The molecular weight excluding hydrogens is 232 g/mol. The number of hydrogen-bond donors (Lipinski definition) is 0. The molecular formula is C13H18N2O3. The lowest BCUT2D eigenvalue weighted by molar-refractivity contribution is -0.151. The van der Waals surface area contributed by atoms with Gasteiger partial charge >= 0.3 is 5.97 Å². The van der Waals surface area contributed by atoms with Gasteiger partial charge in [-0.3, -0.25) is 9.59 Å². The van der Waals surface area contributed by atoms with E-state index in [4.69, 9.17) is 10.00 Å². The monoisotopic (exact) mass is 250 g/mol. The Hall–Kier alpha value is -1.57. The number of hydrogen-bond acceptors (Lipinski definition) is 4. The molecule has 98 valence electrons. The molecule has 0 radical (unpaired) electrons. The zero-order valence-corrected chi connectivity index (χ0v) is 10.6. The highest BCUT2D eigenvalue weighted by atomic mass is 16.5. The van der Waals surface area contributed by atoms with Gasteiger partial charge in [0, 0.05) is 13.1 Å². The summed E-state index contributed by atoms with van der Waals surface area (Å²) in [5, 5.41) is 9.03. The number of carbonyl (C=O) groups is 2. The second-order valence-electron chi connectivity index (χ2n) is 5.04. The lowest BCUT2D eigenvalue weighted by Gasteiger charge is -2.32. The summed E-state index contributed by atoms with van der Waals surface area (Å²) in [6, 6.07) is 2.11. The number of nitrogens with zero attached hydrogens (tertiary/aromatic N) is 2. The Morgan fingerprint density at radius 2 is 2.22 bits per heavy atom. The molecule has 1 unspecified atom stereocenters. The molecule has 2 fully saturated rings. The van der Waals surface area contributed by atoms with Crippen LogP contribution in [0.15, 0.2) is 0 Å². The van der Waals surface area contributed by atoms with Crippen LogP contribution in [0.1, 0.15) is 32.6 Å². The molecule has 1 atom stereocenters. The van der Waals surface area contributed by atoms with Crippen LogP contribution in [0, 0.1) is 22.7 Å². The van der Waals surface area contributed by atoms with Crippen LogP contribution >= 0.6 is 0 Å². The van der Waals surface area contributed by atoms with E-state index in [-0.39, 0.29) is 17.8 Å². The minimum Gasteiger partial charge on any atom is -0.466 e. The van der Waals surface area contributed by atoms with Crippen molar-refractivity contribution in [3.63, 3.8) is 0 Å². The van der Waals surface area contributed by atoms with Crippen molar-refractivity contribution in [2.75, 3.05) is 19.7 Å². The quantitative estimate of drug-likeness (QED) is 0.703. The molecule has 1 aliphatic carbocycles. The van der Waals surface area contributed by atoms with Crippen LogP contribution in [-0.4, -0.2) is 36.5 Å². The van der Waals surface area contributed by atoms with E-state index in [1.165, 1.54) is 0 Å². The SMILES string of the molecule is CCOC(=O)C1CCCN(C(=O)C2(C#N)CC2)C1. The van der Waals surface area contributed by atoms with E-state index in [0.717, 1.165) is 12.8 Å². The van der Waals surface area contributed by atoms with Gasteiger partial charge in [-0.15, -0.1) is 0 Å². The van der Waals surface area contributed by atoms with Crippen molar-refractivity contribution >= 4 is 11.9 Å². The summed E-state index contributed by atoms with van der Waals surface area (Å²) in [5.41, 5.74) is -0.781. The Kier molecular flexibility index (Phi) is 3.55. The fraction of sp³-hybridized carbons (Fsp3) is 0.769. The van der Waals surface area contributed by atoms with Gasteiger partial charge in [0.15, 0.2) is 0 Å². The van der Waals surface area contributed by atoms with Crippen molar-refractivity contribution in [2.45, 2.75) is 32.6 Å². The predicted molar refractivity (Wildman–Crippen MR) is 63.2 cm³/mol. The third kappa shape index (κ3) is 2.33. The fourth-order valence-corrected chi connectivity index (χ4v) is 2.42. The van der Waals surface area contributed by atoms with Gasteiger partial charge in [0.05, 0.1) is 18.6 Å². The topological polar surface area (TPSA) is 70.4 Å². The molecule has 1 saturated carbocycles. The molecule has 0 bridgehead atoms. The standard InChI is InChI=1S/C13H18N2O3/c1-2-18-11(16)10-4-3-7-15(8-10)12(17)13(9-14)5-6-13/h10H,2-8H2,1H3. The van der Waals surface area contributed by atoms with Crippen molar-refractivity contribution in [3.05, 3.63) is 0 Å². The number of amides is 1. The number of likely N-dealkylation sites (tertiary alicyclic amines) is 1. The van der Waals surface area contributed by atoms with E-state index in [9.17, 15) is 9.59 Å². The minimum atomic E-state index is -0.781. The van der Waals surface area contributed by atoms with Crippen LogP contribution < -0.4 is 0 Å². The maximum absolute atomic E-state index is 12.2. The molecule has 1 heterocycles. The summed E-state index contributed by atoms with van der Waals surface area (Å²) in [6.45, 7) is 3.20. The van der Waals surface area contributed by atoms with Crippen molar-refractivity contribution < 1.29 is 14.3 Å². The first-order valence-electron chi connectivity index (χ1n) is 6.50. The predicted octanol–water partition coefficient (Wildman–Crippen LogP) is 1.09. The highest BCUT2D eigenvalue weighted by Crippen LogP contribution is 2.46. The number of ether oxygens (including phenoxy) is 1. The van der Waals surface area contributed by atoms with Crippen molar-refractivity contribution in [1.29, 1.82) is 5.26 Å². The average Bonchev–Trinajstić information content (AvgIpc) is 3.19. The third-order valence-corrected chi connectivity index (χ3v) is 3.70. The first-order valence-corrected chi connectivity index (χ1v) is 6.50. The van der Waals surface area contributed by atoms with Crippen LogP contribution in [0.5, 0.6) is 0 Å². The summed E-state index contributed by atoms with van der Waals surface area (Å²) in [4.78, 5) is 25.5. The van der Waals surface area contributed by atoms with Gasteiger partial charge in [0.2, 0.25) is 5.91 Å². The lowest BCUT2D eigenvalue weighted by Crippen LogP contribution is -2.45. The summed E-state index contributed by atoms with van der Waals surface area (Å²) >= 11 is 0. The van der Waals surface area contributed by atoms with E-state index in [1.54, 1.807) is 11.8 Å². The van der Waals surface area contributed by atoms with Crippen LogP contribution in [0.3, 0.4) is 0 Å². The van der Waals surface area contributed by atoms with Crippen molar-refractivity contribution in [3.8, 4) is 6.07 Å². The van der Waals surface area contributed by atoms with Crippen LogP contribution in [0.4, 0.5) is 0 Å². The summed E-state index contributed by atoms with van der Waals surface area (Å²) in [5.74, 6) is -0.548. The molecule has 18 heavy (non-hydrogen) atoms. The van der Waals surface area contributed by atoms with Gasteiger partial charge in [0.1, 0.15) is 5.41 Å². The first kappa shape index (κ1) is 12.9. The van der Waals surface area contributed by atoms with Crippen molar-refractivity contribution in [2.24, 2.45) is 11.3 Å². The molecule has 5 heteroatoms. The molecule has 0 aromatic heterocycles. The number of rotatable bonds is 3. The van der Waals surface area contributed by atoms with Gasteiger partial charge < -0.3 is 9.64 Å². The Balaban J connectivity index is 1.97. The van der Waals surface area contributed by atoms with E-state index in [0.29, 0.717) is 32.5 Å². The lowest BCUT2D eigenvalue weighted by atomic mass is 9.96. The third-order valence-electron chi connectivity index (χ3n) is 3.70. The molecule has 1 saturated heterocycles. The zero-order valence-electron chi connectivity index (χ0n) is 10.6. The molecule has 0 aromatic carbocycles. The van der Waals surface area contributed by atoms with E-state index >= 15 is 0 Å². The Morgan fingerprint density at radius 3 is 2.78 bits per heavy atom. The van der Waals surface area contributed by atoms with E-state index in [2.05, 4.69) is 6.07 Å². The fourth-order valence-electron chi connectivity index (χ4n) is 2.42. The number of nitriles is 1. The molecule has 2 aliphatic rings. The maximum atomic E-state index is 12.2. The number of carbonyl (C=O) groups excluding carboxylic acids is 2. The number of piperidine rings is 1. The summed E-state index contributed by atoms with van der Waals surface area (Å²) in [6.07, 6.45) is 2.88. The van der Waals surface area contributed by atoms with Gasteiger partial charge in [-0.25, -0.2) is 0 Å². The largest absolute Gasteiger partial charge is 0.466 e. The van der Waals surface area contributed by atoms with Gasteiger partial charge in [-0.05, 0) is 32.6 Å². The van der Waals surface area contributed by atoms with Gasteiger partial charge in [0.25, 0.3) is 0 Å². The maximum Gasteiger partial charge on any atom is 0.310 e. The zero-order chi connectivity index (χ0) is 13.2. The second kappa shape index (κ2) is 4.97. The van der Waals surface area contributed by atoms with Crippen LogP contribution in [-0.2, 0) is 14.3 Å². The molecule has 1 amide bonds.